The van der Waals surface area contributed by atoms with Crippen molar-refractivity contribution in [2.24, 2.45) is 9.98 Å². The summed E-state index contributed by atoms with van der Waals surface area (Å²) in [5.41, 5.74) is 6.93. The van der Waals surface area contributed by atoms with E-state index in [1.54, 1.807) is 0 Å². The van der Waals surface area contributed by atoms with Gasteiger partial charge in [-0.3, -0.25) is 4.99 Å². The molecule has 0 aromatic heterocycles. The molecular weight excluding hydrogens is 551 g/mol. The van der Waals surface area contributed by atoms with Crippen LogP contribution in [0.1, 0.15) is 17.5 Å². The fourth-order valence-corrected chi connectivity index (χ4v) is 12.0. The minimum atomic E-state index is -2.60. The summed E-state index contributed by atoms with van der Waals surface area (Å²) in [5.74, 6) is 0.818. The summed E-state index contributed by atoms with van der Waals surface area (Å²) in [5, 5.41) is 5.60. The van der Waals surface area contributed by atoms with Gasteiger partial charge in [-0.1, -0.05) is 140 Å². The topological polar surface area (TPSA) is 28.0 Å². The van der Waals surface area contributed by atoms with Crippen LogP contribution in [0.5, 0.6) is 0 Å². The van der Waals surface area contributed by atoms with Gasteiger partial charge in [0, 0.05) is 35.6 Å². The molecule has 0 saturated heterocycles. The van der Waals surface area contributed by atoms with Crippen LogP contribution in [0.2, 0.25) is 0 Å². The first-order valence-corrected chi connectivity index (χ1v) is 17.2. The highest BCUT2D eigenvalue weighted by Crippen LogP contribution is 2.38. The summed E-state index contributed by atoms with van der Waals surface area (Å²) in [6.07, 6.45) is 0.841. The molecule has 2 aliphatic rings. The molecule has 0 N–H and O–H groups in total. The van der Waals surface area contributed by atoms with Crippen molar-refractivity contribution in [1.82, 2.24) is 0 Å². The van der Waals surface area contributed by atoms with E-state index in [1.807, 2.05) is 18.2 Å². The van der Waals surface area contributed by atoms with Crippen molar-refractivity contribution < 1.29 is 0 Å². The van der Waals surface area contributed by atoms with Gasteiger partial charge in [0.15, 0.2) is 13.9 Å². The van der Waals surface area contributed by atoms with E-state index in [0.29, 0.717) is 0 Å². The summed E-state index contributed by atoms with van der Waals surface area (Å²) in [4.78, 5) is 12.1. The van der Waals surface area contributed by atoms with Gasteiger partial charge in [0.2, 0.25) is 0 Å². The van der Waals surface area contributed by atoms with E-state index in [2.05, 4.69) is 150 Å². The van der Waals surface area contributed by atoms with Gasteiger partial charge in [0.1, 0.15) is 0 Å². The first-order valence-electron chi connectivity index (χ1n) is 15.2. The Labute approximate surface area is 259 Å². The third-order valence-corrected chi connectivity index (χ3v) is 13.7. The molecule has 44 heavy (non-hydrogen) atoms. The average Bonchev–Trinajstić information content (AvgIpc) is 3.12. The lowest BCUT2D eigenvalue weighted by atomic mass is 10.0. The molecule has 6 aromatic carbocycles. The molecule has 0 fully saturated rings. The van der Waals surface area contributed by atoms with Crippen LogP contribution in [-0.2, 0) is 0 Å². The Bertz CT molecular complexity index is 1910. The number of nitrogens with zero attached hydrogens (tertiary/aromatic N) is 3. The van der Waals surface area contributed by atoms with Crippen LogP contribution in [0.3, 0.4) is 0 Å². The number of fused-ring (bicyclic) bond motifs is 2. The molecule has 2 heterocycles. The largest absolute Gasteiger partial charge is 0.311 e. The number of anilines is 3. The molecule has 6 aromatic rings. The molecular formula is C40H31N3Si. The van der Waals surface area contributed by atoms with Crippen LogP contribution in [0, 0.1) is 0 Å². The van der Waals surface area contributed by atoms with E-state index in [4.69, 9.17) is 9.98 Å². The quantitative estimate of drug-likeness (QED) is 0.214. The lowest BCUT2D eigenvalue weighted by Gasteiger charge is -2.45. The highest BCUT2D eigenvalue weighted by molar-refractivity contribution is 7.21. The second-order valence-electron chi connectivity index (χ2n) is 11.3. The van der Waals surface area contributed by atoms with Gasteiger partial charge >= 0.3 is 0 Å². The summed E-state index contributed by atoms with van der Waals surface area (Å²) >= 11 is 0. The molecule has 210 valence electrons. The van der Waals surface area contributed by atoms with Gasteiger partial charge in [-0.25, -0.2) is 4.99 Å². The molecule has 0 unspecified atom stereocenters. The third kappa shape index (κ3) is 4.26. The SMILES string of the molecule is c1ccc(C2=NCCC(c3ccc(N4c5ccccc5[Si](c5ccccc5)(c5ccccc5)c5ccccc54)cc3)=N2)cc1. The second kappa shape index (κ2) is 11.1. The molecule has 0 spiro atoms. The van der Waals surface area contributed by atoms with Gasteiger partial charge < -0.3 is 4.90 Å². The Kier molecular flexibility index (Phi) is 6.62. The normalized spacial score (nSPS) is 15.0. The van der Waals surface area contributed by atoms with E-state index in [9.17, 15) is 0 Å². The van der Waals surface area contributed by atoms with Crippen LogP contribution >= 0.6 is 0 Å². The second-order valence-corrected chi connectivity index (χ2v) is 15.0. The fraction of sp³-hybridized carbons (Fsp3) is 0.0500. The maximum absolute atomic E-state index is 4.98. The zero-order valence-corrected chi connectivity index (χ0v) is 25.3. The lowest BCUT2D eigenvalue weighted by Crippen LogP contribution is -2.77. The number of amidine groups is 1. The van der Waals surface area contributed by atoms with Crippen molar-refractivity contribution in [3.8, 4) is 0 Å². The van der Waals surface area contributed by atoms with E-state index in [1.165, 1.54) is 32.1 Å². The van der Waals surface area contributed by atoms with Crippen molar-refractivity contribution in [2.75, 3.05) is 11.4 Å². The maximum Gasteiger partial charge on any atom is 0.184 e. The van der Waals surface area contributed by atoms with Crippen LogP contribution < -0.4 is 25.6 Å². The molecule has 0 bridgehead atoms. The van der Waals surface area contributed by atoms with Crippen molar-refractivity contribution >= 4 is 57.4 Å². The van der Waals surface area contributed by atoms with Gasteiger partial charge in [-0.05, 0) is 50.6 Å². The van der Waals surface area contributed by atoms with Crippen molar-refractivity contribution in [2.45, 2.75) is 6.42 Å². The van der Waals surface area contributed by atoms with Crippen molar-refractivity contribution in [1.29, 1.82) is 0 Å². The van der Waals surface area contributed by atoms with Crippen LogP contribution in [0.4, 0.5) is 17.1 Å². The molecule has 0 amide bonds. The molecule has 2 aliphatic heterocycles. The highest BCUT2D eigenvalue weighted by atomic mass is 28.3. The molecule has 3 nitrogen and oxygen atoms in total. The zero-order chi connectivity index (χ0) is 29.3. The zero-order valence-electron chi connectivity index (χ0n) is 24.3. The van der Waals surface area contributed by atoms with Crippen LogP contribution in [0.15, 0.2) is 174 Å². The van der Waals surface area contributed by atoms with Crippen molar-refractivity contribution in [3.05, 3.63) is 175 Å². The summed E-state index contributed by atoms with van der Waals surface area (Å²) < 4.78 is 0. The Morgan fingerprint density at radius 1 is 0.477 bits per heavy atom. The molecule has 8 rings (SSSR count). The van der Waals surface area contributed by atoms with E-state index < -0.39 is 8.07 Å². The number of rotatable bonds is 5. The van der Waals surface area contributed by atoms with E-state index >= 15 is 0 Å². The summed E-state index contributed by atoms with van der Waals surface area (Å²) in [6, 6.07) is 59.6. The van der Waals surface area contributed by atoms with Crippen LogP contribution in [-0.4, -0.2) is 26.2 Å². The summed E-state index contributed by atoms with van der Waals surface area (Å²) in [6.45, 7) is 0.753. The Morgan fingerprint density at radius 2 is 0.977 bits per heavy atom. The minimum absolute atomic E-state index is 0.753. The number of aliphatic imine (C=N–C) groups is 2. The van der Waals surface area contributed by atoms with Gasteiger partial charge in [-0.15, -0.1) is 0 Å². The standard InChI is InChI=1S/C40H31N3Si/c1-4-14-31(15-5-1)40-41-29-28-35(42-40)30-24-26-32(27-25-30)43-36-20-10-12-22-38(36)44(33-16-6-2-7-17-33,34-18-8-3-9-19-34)39-23-13-11-21-37(39)43/h1-27H,28-29H2. The maximum atomic E-state index is 4.98. The molecule has 0 radical (unpaired) electrons. The molecule has 0 atom stereocenters. The first kappa shape index (κ1) is 26.3. The fourth-order valence-electron chi connectivity index (χ4n) is 6.93. The Balaban J connectivity index is 1.27. The van der Waals surface area contributed by atoms with Gasteiger partial charge in [0.05, 0.1) is 5.71 Å². The number of hydrogen-bond acceptors (Lipinski definition) is 3. The number of benzene rings is 6. The number of hydrogen-bond donors (Lipinski definition) is 0. The Hall–Kier alpha value is -5.32. The molecule has 0 aliphatic carbocycles. The predicted molar refractivity (Wildman–Crippen MR) is 187 cm³/mol. The average molecular weight is 582 g/mol. The highest BCUT2D eigenvalue weighted by Gasteiger charge is 2.48. The lowest BCUT2D eigenvalue weighted by molar-refractivity contribution is 1.01. The minimum Gasteiger partial charge on any atom is -0.311 e. The predicted octanol–water partition coefficient (Wildman–Crippen LogP) is 6.49. The number of para-hydroxylation sites is 2. The van der Waals surface area contributed by atoms with Crippen molar-refractivity contribution in [3.63, 3.8) is 0 Å². The third-order valence-electron chi connectivity index (χ3n) is 8.85. The molecule has 0 saturated carbocycles. The van der Waals surface area contributed by atoms with E-state index in [0.717, 1.165) is 41.3 Å². The smallest absolute Gasteiger partial charge is 0.184 e. The first-order chi connectivity index (χ1) is 21.8. The van der Waals surface area contributed by atoms with Gasteiger partial charge in [-0.2, -0.15) is 0 Å². The monoisotopic (exact) mass is 581 g/mol. The van der Waals surface area contributed by atoms with E-state index in [-0.39, 0.29) is 0 Å². The summed E-state index contributed by atoms with van der Waals surface area (Å²) in [7, 11) is -2.60. The van der Waals surface area contributed by atoms with Gasteiger partial charge in [0.25, 0.3) is 0 Å². The Morgan fingerprint density at radius 3 is 1.55 bits per heavy atom. The van der Waals surface area contributed by atoms with Crippen LogP contribution in [0.25, 0.3) is 0 Å². The molecule has 4 heteroatoms.